The van der Waals surface area contributed by atoms with Gasteiger partial charge in [-0.3, -0.25) is 0 Å². The third kappa shape index (κ3) is 4.84. The zero-order valence-corrected chi connectivity index (χ0v) is 12.8. The summed E-state index contributed by atoms with van der Waals surface area (Å²) >= 11 is 0. The minimum absolute atomic E-state index is 0.00268. The zero-order chi connectivity index (χ0) is 14.3. The van der Waals surface area contributed by atoms with Crippen molar-refractivity contribution in [1.82, 2.24) is 4.72 Å². The monoisotopic (exact) mass is 284 g/mol. The van der Waals surface area contributed by atoms with Crippen LogP contribution in [0.2, 0.25) is 0 Å². The Kier molecular flexibility index (Phi) is 6.31. The molecule has 0 spiro atoms. The minimum Gasteiger partial charge on any atom is -0.385 e. The lowest BCUT2D eigenvalue weighted by Crippen LogP contribution is -2.33. The van der Waals surface area contributed by atoms with Crippen molar-refractivity contribution in [2.45, 2.75) is 51.0 Å². The van der Waals surface area contributed by atoms with Crippen LogP contribution in [-0.4, -0.2) is 21.0 Å². The standard InChI is InChI=1S/C14H24N2O2S/c1-4-11-15-13-7-9-14(10-8-13)19(17,18)16-12(5-2)6-3/h7-10,12,15-16H,4-6,11H2,1-3H3. The predicted molar refractivity (Wildman–Crippen MR) is 79.9 cm³/mol. The maximum Gasteiger partial charge on any atom is 0.240 e. The fourth-order valence-corrected chi connectivity index (χ4v) is 3.17. The maximum absolute atomic E-state index is 12.2. The number of hydrogen-bond donors (Lipinski definition) is 2. The van der Waals surface area contributed by atoms with Crippen molar-refractivity contribution >= 4 is 15.7 Å². The van der Waals surface area contributed by atoms with Crippen LogP contribution in [0.3, 0.4) is 0 Å². The van der Waals surface area contributed by atoms with E-state index in [2.05, 4.69) is 17.0 Å². The molecule has 2 N–H and O–H groups in total. The molecule has 0 unspecified atom stereocenters. The Hall–Kier alpha value is -1.07. The van der Waals surface area contributed by atoms with E-state index in [4.69, 9.17) is 0 Å². The van der Waals surface area contributed by atoms with Crippen molar-refractivity contribution in [3.05, 3.63) is 24.3 Å². The Morgan fingerprint density at radius 1 is 1.05 bits per heavy atom. The molecule has 1 aromatic carbocycles. The first-order valence-electron chi connectivity index (χ1n) is 6.89. The van der Waals surface area contributed by atoms with Crippen molar-refractivity contribution in [1.29, 1.82) is 0 Å². The Labute approximate surface area is 116 Å². The first-order chi connectivity index (χ1) is 9.03. The van der Waals surface area contributed by atoms with Gasteiger partial charge in [0.25, 0.3) is 0 Å². The second kappa shape index (κ2) is 7.50. The summed E-state index contributed by atoms with van der Waals surface area (Å²) in [5.74, 6) is 0. The highest BCUT2D eigenvalue weighted by Gasteiger charge is 2.17. The zero-order valence-electron chi connectivity index (χ0n) is 11.9. The molecule has 19 heavy (non-hydrogen) atoms. The number of anilines is 1. The highest BCUT2D eigenvalue weighted by Crippen LogP contribution is 2.15. The lowest BCUT2D eigenvalue weighted by molar-refractivity contribution is 0.530. The summed E-state index contributed by atoms with van der Waals surface area (Å²) in [7, 11) is -3.40. The van der Waals surface area contributed by atoms with Gasteiger partial charge in [0, 0.05) is 18.3 Å². The van der Waals surface area contributed by atoms with Crippen molar-refractivity contribution in [2.24, 2.45) is 0 Å². The number of rotatable bonds is 8. The van der Waals surface area contributed by atoms with Gasteiger partial charge in [-0.25, -0.2) is 13.1 Å². The van der Waals surface area contributed by atoms with Gasteiger partial charge in [-0.2, -0.15) is 0 Å². The molecule has 0 aliphatic heterocycles. The molecule has 1 rings (SSSR count). The molecule has 0 bridgehead atoms. The number of hydrogen-bond acceptors (Lipinski definition) is 3. The van der Waals surface area contributed by atoms with E-state index in [1.165, 1.54) is 0 Å². The summed E-state index contributed by atoms with van der Waals surface area (Å²) < 4.78 is 27.0. The van der Waals surface area contributed by atoms with Crippen molar-refractivity contribution in [2.75, 3.05) is 11.9 Å². The normalized spacial score (nSPS) is 11.8. The average molecular weight is 284 g/mol. The molecule has 0 aliphatic carbocycles. The van der Waals surface area contributed by atoms with Gasteiger partial charge < -0.3 is 5.32 Å². The summed E-state index contributed by atoms with van der Waals surface area (Å²) in [5, 5.41) is 3.22. The first-order valence-corrected chi connectivity index (χ1v) is 8.38. The topological polar surface area (TPSA) is 58.2 Å². The quantitative estimate of drug-likeness (QED) is 0.771. The van der Waals surface area contributed by atoms with E-state index in [0.29, 0.717) is 4.90 Å². The van der Waals surface area contributed by atoms with Crippen molar-refractivity contribution in [3.8, 4) is 0 Å². The summed E-state index contributed by atoms with van der Waals surface area (Å²) in [6.07, 6.45) is 2.63. The van der Waals surface area contributed by atoms with E-state index < -0.39 is 10.0 Å². The summed E-state index contributed by atoms with van der Waals surface area (Å²) in [4.78, 5) is 0.321. The molecule has 0 aliphatic rings. The summed E-state index contributed by atoms with van der Waals surface area (Å²) in [6, 6.07) is 6.89. The van der Waals surface area contributed by atoms with Crippen LogP contribution in [-0.2, 0) is 10.0 Å². The van der Waals surface area contributed by atoms with E-state index in [1.54, 1.807) is 24.3 Å². The van der Waals surface area contributed by atoms with Crippen molar-refractivity contribution in [3.63, 3.8) is 0 Å². The molecule has 0 amide bonds. The second-order valence-corrected chi connectivity index (χ2v) is 6.30. The van der Waals surface area contributed by atoms with Crippen LogP contribution in [0.15, 0.2) is 29.2 Å². The van der Waals surface area contributed by atoms with Crippen LogP contribution in [0.25, 0.3) is 0 Å². The highest BCUT2D eigenvalue weighted by molar-refractivity contribution is 7.89. The number of sulfonamides is 1. The van der Waals surface area contributed by atoms with E-state index in [-0.39, 0.29) is 6.04 Å². The van der Waals surface area contributed by atoms with Crippen LogP contribution in [0, 0.1) is 0 Å². The highest BCUT2D eigenvalue weighted by atomic mass is 32.2. The van der Waals surface area contributed by atoms with Gasteiger partial charge in [0.05, 0.1) is 4.90 Å². The van der Waals surface area contributed by atoms with E-state index in [9.17, 15) is 8.42 Å². The third-order valence-corrected chi connectivity index (χ3v) is 4.59. The molecule has 0 fully saturated rings. The van der Waals surface area contributed by atoms with Gasteiger partial charge in [0.2, 0.25) is 10.0 Å². The first kappa shape index (κ1) is 16.0. The van der Waals surface area contributed by atoms with Crippen LogP contribution < -0.4 is 10.0 Å². The molecule has 108 valence electrons. The molecule has 0 atom stereocenters. The fourth-order valence-electron chi connectivity index (χ4n) is 1.76. The largest absolute Gasteiger partial charge is 0.385 e. The fraction of sp³-hybridized carbons (Fsp3) is 0.571. The molecule has 0 saturated heterocycles. The smallest absolute Gasteiger partial charge is 0.240 e. The SMILES string of the molecule is CCCNc1ccc(S(=O)(=O)NC(CC)CC)cc1. The van der Waals surface area contributed by atoms with Crippen LogP contribution in [0.1, 0.15) is 40.0 Å². The summed E-state index contributed by atoms with van der Waals surface area (Å²) in [5.41, 5.74) is 0.948. The van der Waals surface area contributed by atoms with Gasteiger partial charge >= 0.3 is 0 Å². The van der Waals surface area contributed by atoms with E-state index in [0.717, 1.165) is 31.5 Å². The molecule has 5 heteroatoms. The molecular formula is C14H24N2O2S. The average Bonchev–Trinajstić information content (AvgIpc) is 2.43. The van der Waals surface area contributed by atoms with Crippen LogP contribution in [0.5, 0.6) is 0 Å². The number of nitrogens with one attached hydrogen (secondary N) is 2. The van der Waals surface area contributed by atoms with Gasteiger partial charge in [-0.05, 0) is 43.5 Å². The Morgan fingerprint density at radius 2 is 1.63 bits per heavy atom. The second-order valence-electron chi connectivity index (χ2n) is 4.59. The van der Waals surface area contributed by atoms with E-state index in [1.807, 2.05) is 13.8 Å². The van der Waals surface area contributed by atoms with Crippen LogP contribution >= 0.6 is 0 Å². The third-order valence-electron chi connectivity index (χ3n) is 3.05. The lowest BCUT2D eigenvalue weighted by Gasteiger charge is -2.15. The lowest BCUT2D eigenvalue weighted by atomic mass is 10.2. The predicted octanol–water partition coefficient (Wildman–Crippen LogP) is 2.98. The maximum atomic E-state index is 12.2. The molecule has 0 heterocycles. The molecule has 0 saturated carbocycles. The Bertz CT molecular complexity index is 465. The van der Waals surface area contributed by atoms with Gasteiger partial charge in [0.1, 0.15) is 0 Å². The summed E-state index contributed by atoms with van der Waals surface area (Å²) in [6.45, 7) is 6.94. The van der Waals surface area contributed by atoms with Gasteiger partial charge in [-0.15, -0.1) is 0 Å². The molecule has 0 aromatic heterocycles. The molecular weight excluding hydrogens is 260 g/mol. The number of benzene rings is 1. The van der Waals surface area contributed by atoms with Crippen LogP contribution in [0.4, 0.5) is 5.69 Å². The molecule has 0 radical (unpaired) electrons. The Morgan fingerprint density at radius 3 is 2.11 bits per heavy atom. The van der Waals surface area contributed by atoms with Gasteiger partial charge in [-0.1, -0.05) is 20.8 Å². The van der Waals surface area contributed by atoms with Gasteiger partial charge in [0.15, 0.2) is 0 Å². The molecule has 4 nitrogen and oxygen atoms in total. The van der Waals surface area contributed by atoms with E-state index >= 15 is 0 Å². The molecule has 1 aromatic rings. The minimum atomic E-state index is -3.40. The van der Waals surface area contributed by atoms with Crippen molar-refractivity contribution < 1.29 is 8.42 Å². The Balaban J connectivity index is 2.78.